The van der Waals surface area contributed by atoms with Crippen LogP contribution in [0.5, 0.6) is 0 Å². The van der Waals surface area contributed by atoms with Gasteiger partial charge in [-0.05, 0) is 147 Å². The summed E-state index contributed by atoms with van der Waals surface area (Å²) in [7, 11) is 0. The van der Waals surface area contributed by atoms with Gasteiger partial charge in [0.15, 0.2) is 17.5 Å². The average Bonchev–Trinajstić information content (AvgIpc) is 1.86. The van der Waals surface area contributed by atoms with Crippen LogP contribution in [0.4, 0.5) is 0 Å². The zero-order valence-electron chi connectivity index (χ0n) is 45.3. The fourth-order valence-corrected chi connectivity index (χ4v) is 12.0. The molecule has 0 atom stereocenters. The second-order valence-electron chi connectivity index (χ2n) is 21.0. The molecular formula is C77H47N7. The Morgan fingerprint density at radius 2 is 0.548 bits per heavy atom. The molecule has 12 aromatic carbocycles. The fraction of sp³-hybridized carbons (Fsp3) is 0. The van der Waals surface area contributed by atoms with E-state index in [-0.39, 0.29) is 0 Å². The molecule has 0 fully saturated rings. The van der Waals surface area contributed by atoms with E-state index in [9.17, 15) is 10.5 Å². The van der Waals surface area contributed by atoms with Crippen molar-refractivity contribution in [3.8, 4) is 113 Å². The topological polar surface area (TPSA) is 96.1 Å². The Morgan fingerprint density at radius 1 is 0.238 bits per heavy atom. The molecule has 15 aromatic rings. The van der Waals surface area contributed by atoms with Gasteiger partial charge in [-0.3, -0.25) is 0 Å². The molecule has 390 valence electrons. The van der Waals surface area contributed by atoms with E-state index >= 15 is 0 Å². The standard InChI is InChI=1S/C77H47N7/c78-48-50-17-16-28-57(41-50)62-30-36-64(74(47-62)84-71-39-33-60(54-22-10-3-11-23-54)45-67(71)68-46-61(34-40-72(68)84)55-24-12-4-13-25-55)77-81-75(56-26-14-5-15-27-56)80-76(82-77)63-35-29-51(49-79)42-73(63)83-69-37-31-58(52-18-6-1-7-19-52)43-65(69)66-44-59(32-38-70(66)83)53-20-8-2-9-21-53/h1-47H. The molecule has 7 nitrogen and oxygen atoms in total. The Labute approximate surface area is 485 Å². The summed E-state index contributed by atoms with van der Waals surface area (Å²) < 4.78 is 4.60. The number of benzene rings is 12. The van der Waals surface area contributed by atoms with Gasteiger partial charge in [-0.15, -0.1) is 0 Å². The van der Waals surface area contributed by atoms with Gasteiger partial charge in [0.1, 0.15) is 0 Å². The summed E-state index contributed by atoms with van der Waals surface area (Å²) in [5.74, 6) is 1.39. The number of hydrogen-bond donors (Lipinski definition) is 0. The predicted octanol–water partition coefficient (Wildman–Crippen LogP) is 19.1. The highest BCUT2D eigenvalue weighted by Gasteiger charge is 2.25. The molecule has 0 aliphatic carbocycles. The lowest BCUT2D eigenvalue weighted by Gasteiger charge is -2.18. The minimum absolute atomic E-state index is 0.439. The van der Waals surface area contributed by atoms with Gasteiger partial charge in [-0.1, -0.05) is 194 Å². The van der Waals surface area contributed by atoms with Crippen molar-refractivity contribution in [2.45, 2.75) is 0 Å². The first-order valence-electron chi connectivity index (χ1n) is 27.9. The van der Waals surface area contributed by atoms with E-state index in [2.05, 4.69) is 209 Å². The SMILES string of the molecule is N#Cc1cccc(-c2ccc(-c3nc(-c4ccccc4)nc(-c4ccc(C#N)cc4-n4c5ccc(-c6ccccc6)cc5c5cc(-c6ccccc6)ccc54)n3)c(-n3c4ccc(-c5ccccc5)cc4c4cc(-c5ccccc5)ccc43)c2)c1. The molecule has 0 aliphatic heterocycles. The second kappa shape index (κ2) is 20.7. The highest BCUT2D eigenvalue weighted by Crippen LogP contribution is 2.44. The average molecular weight is 1070 g/mol. The third-order valence-corrected chi connectivity index (χ3v) is 16.0. The van der Waals surface area contributed by atoms with Gasteiger partial charge < -0.3 is 9.13 Å². The van der Waals surface area contributed by atoms with Gasteiger partial charge in [-0.25, -0.2) is 15.0 Å². The Kier molecular flexibility index (Phi) is 12.2. The normalized spacial score (nSPS) is 11.3. The molecule has 0 bridgehead atoms. The van der Waals surface area contributed by atoms with E-state index in [0.717, 1.165) is 127 Å². The van der Waals surface area contributed by atoms with Crippen molar-refractivity contribution >= 4 is 43.6 Å². The number of hydrogen-bond acceptors (Lipinski definition) is 5. The second-order valence-corrected chi connectivity index (χ2v) is 21.0. The number of nitriles is 2. The van der Waals surface area contributed by atoms with Gasteiger partial charge in [0, 0.05) is 38.2 Å². The van der Waals surface area contributed by atoms with E-state index in [1.165, 1.54) is 0 Å². The summed E-state index contributed by atoms with van der Waals surface area (Å²) in [5, 5.41) is 25.1. The van der Waals surface area contributed by atoms with Crippen molar-refractivity contribution in [1.29, 1.82) is 10.5 Å². The van der Waals surface area contributed by atoms with E-state index in [4.69, 9.17) is 15.0 Å². The monoisotopic (exact) mass is 1070 g/mol. The number of nitrogens with zero attached hydrogens (tertiary/aromatic N) is 7. The van der Waals surface area contributed by atoms with Gasteiger partial charge in [0.25, 0.3) is 0 Å². The van der Waals surface area contributed by atoms with Crippen molar-refractivity contribution in [3.05, 3.63) is 296 Å². The zero-order valence-corrected chi connectivity index (χ0v) is 45.3. The Bertz CT molecular complexity index is 4940. The lowest BCUT2D eigenvalue weighted by molar-refractivity contribution is 1.06. The van der Waals surface area contributed by atoms with Crippen molar-refractivity contribution < 1.29 is 0 Å². The van der Waals surface area contributed by atoms with Crippen LogP contribution < -0.4 is 0 Å². The van der Waals surface area contributed by atoms with E-state index < -0.39 is 0 Å². The van der Waals surface area contributed by atoms with Gasteiger partial charge in [0.05, 0.1) is 56.7 Å². The molecule has 15 rings (SSSR count). The van der Waals surface area contributed by atoms with Gasteiger partial charge >= 0.3 is 0 Å². The molecule has 3 heterocycles. The Hall–Kier alpha value is -11.8. The molecule has 0 saturated heterocycles. The minimum Gasteiger partial charge on any atom is -0.308 e. The maximum Gasteiger partial charge on any atom is 0.166 e. The molecular weight excluding hydrogens is 1020 g/mol. The van der Waals surface area contributed by atoms with Crippen LogP contribution in [0.2, 0.25) is 0 Å². The van der Waals surface area contributed by atoms with Gasteiger partial charge in [0.2, 0.25) is 0 Å². The van der Waals surface area contributed by atoms with Crippen LogP contribution in [0.3, 0.4) is 0 Å². The third kappa shape index (κ3) is 8.74. The lowest BCUT2D eigenvalue weighted by atomic mass is 9.99. The maximum atomic E-state index is 10.7. The van der Waals surface area contributed by atoms with Crippen LogP contribution in [0.1, 0.15) is 11.1 Å². The van der Waals surface area contributed by atoms with Crippen LogP contribution in [-0.2, 0) is 0 Å². The summed E-state index contributed by atoms with van der Waals surface area (Å²) >= 11 is 0. The Balaban J connectivity index is 0.999. The van der Waals surface area contributed by atoms with E-state index in [1.807, 2.05) is 97.1 Å². The first-order valence-corrected chi connectivity index (χ1v) is 27.9. The quantitative estimate of drug-likeness (QED) is 0.136. The number of fused-ring (bicyclic) bond motifs is 6. The van der Waals surface area contributed by atoms with Crippen LogP contribution in [0, 0.1) is 22.7 Å². The summed E-state index contributed by atoms with van der Waals surface area (Å²) in [4.78, 5) is 16.4. The summed E-state index contributed by atoms with van der Waals surface area (Å²) in [6.45, 7) is 0. The van der Waals surface area contributed by atoms with E-state index in [0.29, 0.717) is 28.6 Å². The molecule has 3 aromatic heterocycles. The minimum atomic E-state index is 0.439. The zero-order chi connectivity index (χ0) is 56.1. The largest absolute Gasteiger partial charge is 0.308 e. The Morgan fingerprint density at radius 3 is 0.952 bits per heavy atom. The predicted molar refractivity (Wildman–Crippen MR) is 341 cm³/mol. The summed E-state index contributed by atoms with van der Waals surface area (Å²) in [5.41, 5.74) is 19.7. The van der Waals surface area contributed by atoms with Crippen LogP contribution in [0.25, 0.3) is 145 Å². The van der Waals surface area contributed by atoms with Crippen molar-refractivity contribution in [2.75, 3.05) is 0 Å². The molecule has 7 heteroatoms. The molecule has 0 aliphatic rings. The molecule has 0 saturated carbocycles. The van der Waals surface area contributed by atoms with Crippen molar-refractivity contribution in [3.63, 3.8) is 0 Å². The van der Waals surface area contributed by atoms with E-state index in [1.54, 1.807) is 0 Å². The molecule has 0 amide bonds. The molecule has 0 radical (unpaired) electrons. The van der Waals surface area contributed by atoms with Crippen LogP contribution in [-0.4, -0.2) is 24.1 Å². The third-order valence-electron chi connectivity index (χ3n) is 16.0. The molecule has 0 spiro atoms. The molecule has 0 N–H and O–H groups in total. The highest BCUT2D eigenvalue weighted by molar-refractivity contribution is 6.13. The molecule has 84 heavy (non-hydrogen) atoms. The number of rotatable bonds is 10. The van der Waals surface area contributed by atoms with Crippen LogP contribution in [0.15, 0.2) is 285 Å². The van der Waals surface area contributed by atoms with Crippen LogP contribution >= 0.6 is 0 Å². The lowest BCUT2D eigenvalue weighted by Crippen LogP contribution is -2.06. The van der Waals surface area contributed by atoms with Crippen molar-refractivity contribution in [2.24, 2.45) is 0 Å². The molecule has 0 unspecified atom stereocenters. The highest BCUT2D eigenvalue weighted by atomic mass is 15.1. The number of aromatic nitrogens is 5. The first kappa shape index (κ1) is 49.3. The summed E-state index contributed by atoms with van der Waals surface area (Å²) in [6, 6.07) is 103. The maximum absolute atomic E-state index is 10.7. The van der Waals surface area contributed by atoms with Crippen molar-refractivity contribution in [1.82, 2.24) is 24.1 Å². The van der Waals surface area contributed by atoms with Gasteiger partial charge in [-0.2, -0.15) is 10.5 Å². The summed E-state index contributed by atoms with van der Waals surface area (Å²) in [6.07, 6.45) is 0. The fourth-order valence-electron chi connectivity index (χ4n) is 12.0. The first-order chi connectivity index (χ1) is 41.5. The smallest absolute Gasteiger partial charge is 0.166 e.